The van der Waals surface area contributed by atoms with Gasteiger partial charge in [-0.05, 0) is 41.8 Å². The lowest BCUT2D eigenvalue weighted by atomic mass is 10.1. The van der Waals surface area contributed by atoms with Crippen molar-refractivity contribution in [1.29, 1.82) is 0 Å². The SMILES string of the molecule is Cc1ccc(F)cc1CN1C(=O)CNCc2ccccc21. The molecule has 2 aromatic rings. The number of halogens is 1. The number of para-hydroxylation sites is 1. The number of fused-ring (bicyclic) bond motifs is 1. The summed E-state index contributed by atoms with van der Waals surface area (Å²) in [6, 6.07) is 12.5. The zero-order valence-corrected chi connectivity index (χ0v) is 11.9. The lowest BCUT2D eigenvalue weighted by molar-refractivity contribution is -0.117. The first kappa shape index (κ1) is 13.8. The van der Waals surface area contributed by atoms with Crippen LogP contribution in [0.3, 0.4) is 0 Å². The van der Waals surface area contributed by atoms with Crippen LogP contribution in [-0.2, 0) is 17.9 Å². The number of amides is 1. The molecule has 0 aromatic heterocycles. The van der Waals surface area contributed by atoms with Crippen molar-refractivity contribution in [2.24, 2.45) is 0 Å². The number of aryl methyl sites for hydroxylation is 1. The van der Waals surface area contributed by atoms with Crippen LogP contribution in [-0.4, -0.2) is 12.5 Å². The van der Waals surface area contributed by atoms with E-state index in [9.17, 15) is 9.18 Å². The quantitative estimate of drug-likeness (QED) is 0.919. The predicted molar refractivity (Wildman–Crippen MR) is 80.5 cm³/mol. The van der Waals surface area contributed by atoms with Gasteiger partial charge in [0.05, 0.1) is 13.1 Å². The molecule has 1 heterocycles. The monoisotopic (exact) mass is 284 g/mol. The summed E-state index contributed by atoms with van der Waals surface area (Å²) in [5.41, 5.74) is 3.80. The molecule has 0 saturated carbocycles. The zero-order chi connectivity index (χ0) is 14.8. The third-order valence-corrected chi connectivity index (χ3v) is 3.81. The molecular formula is C17H17FN2O. The van der Waals surface area contributed by atoms with Gasteiger partial charge in [-0.15, -0.1) is 0 Å². The van der Waals surface area contributed by atoms with Crippen LogP contribution in [0.25, 0.3) is 0 Å². The van der Waals surface area contributed by atoms with Crippen LogP contribution >= 0.6 is 0 Å². The molecule has 0 spiro atoms. The largest absolute Gasteiger partial charge is 0.307 e. The number of hydrogen-bond acceptors (Lipinski definition) is 2. The molecule has 0 radical (unpaired) electrons. The number of carbonyl (C=O) groups excluding carboxylic acids is 1. The standard InChI is InChI=1S/C17H17FN2O/c1-12-6-7-15(18)8-14(12)11-20-16-5-3-2-4-13(16)9-19-10-17(20)21/h2-8,19H,9-11H2,1H3. The molecule has 4 heteroatoms. The molecule has 1 aliphatic rings. The topological polar surface area (TPSA) is 32.3 Å². The number of hydrogen-bond donors (Lipinski definition) is 1. The van der Waals surface area contributed by atoms with E-state index in [1.165, 1.54) is 12.1 Å². The molecule has 21 heavy (non-hydrogen) atoms. The van der Waals surface area contributed by atoms with Crippen molar-refractivity contribution >= 4 is 11.6 Å². The van der Waals surface area contributed by atoms with E-state index in [1.54, 1.807) is 11.0 Å². The average Bonchev–Trinajstić information content (AvgIpc) is 2.63. The van der Waals surface area contributed by atoms with E-state index in [4.69, 9.17) is 0 Å². The van der Waals surface area contributed by atoms with E-state index in [2.05, 4.69) is 5.32 Å². The van der Waals surface area contributed by atoms with Gasteiger partial charge < -0.3 is 10.2 Å². The molecule has 2 aromatic carbocycles. The van der Waals surface area contributed by atoms with Crippen LogP contribution in [0.4, 0.5) is 10.1 Å². The smallest absolute Gasteiger partial charge is 0.241 e. The van der Waals surface area contributed by atoms with Gasteiger partial charge in [-0.25, -0.2) is 4.39 Å². The number of rotatable bonds is 2. The Balaban J connectivity index is 2.00. The van der Waals surface area contributed by atoms with E-state index in [0.717, 1.165) is 22.4 Å². The predicted octanol–water partition coefficient (Wildman–Crippen LogP) is 2.77. The summed E-state index contributed by atoms with van der Waals surface area (Å²) in [6.45, 7) is 3.28. The summed E-state index contributed by atoms with van der Waals surface area (Å²) >= 11 is 0. The fourth-order valence-corrected chi connectivity index (χ4v) is 2.61. The second kappa shape index (κ2) is 5.66. The third-order valence-electron chi connectivity index (χ3n) is 3.81. The summed E-state index contributed by atoms with van der Waals surface area (Å²) in [5, 5.41) is 3.13. The van der Waals surface area contributed by atoms with Crippen molar-refractivity contribution < 1.29 is 9.18 Å². The molecule has 3 rings (SSSR count). The summed E-state index contributed by atoms with van der Waals surface area (Å²) in [6.07, 6.45) is 0. The average molecular weight is 284 g/mol. The molecule has 0 fully saturated rings. The number of nitrogens with one attached hydrogen (secondary N) is 1. The Bertz CT molecular complexity index is 684. The van der Waals surface area contributed by atoms with Gasteiger partial charge in [0.25, 0.3) is 0 Å². The normalized spacial score (nSPS) is 14.8. The van der Waals surface area contributed by atoms with Crippen molar-refractivity contribution in [3.8, 4) is 0 Å². The van der Waals surface area contributed by atoms with Crippen molar-refractivity contribution in [2.45, 2.75) is 20.0 Å². The Morgan fingerprint density at radius 2 is 2.00 bits per heavy atom. The van der Waals surface area contributed by atoms with Gasteiger partial charge in [0, 0.05) is 12.2 Å². The van der Waals surface area contributed by atoms with Gasteiger partial charge in [-0.3, -0.25) is 4.79 Å². The summed E-state index contributed by atoms with van der Waals surface area (Å²) in [7, 11) is 0. The van der Waals surface area contributed by atoms with Crippen LogP contribution in [0.2, 0.25) is 0 Å². The second-order valence-electron chi connectivity index (χ2n) is 5.28. The van der Waals surface area contributed by atoms with Gasteiger partial charge in [-0.1, -0.05) is 24.3 Å². The molecule has 0 saturated heterocycles. The molecule has 0 atom stereocenters. The first-order valence-electron chi connectivity index (χ1n) is 6.99. The van der Waals surface area contributed by atoms with E-state index in [-0.39, 0.29) is 11.7 Å². The fourth-order valence-electron chi connectivity index (χ4n) is 2.61. The van der Waals surface area contributed by atoms with Gasteiger partial charge in [0.1, 0.15) is 5.82 Å². The van der Waals surface area contributed by atoms with Gasteiger partial charge >= 0.3 is 0 Å². The number of nitrogens with zero attached hydrogens (tertiary/aromatic N) is 1. The Kier molecular flexibility index (Phi) is 3.71. The van der Waals surface area contributed by atoms with Crippen molar-refractivity contribution in [2.75, 3.05) is 11.4 Å². The number of benzene rings is 2. The van der Waals surface area contributed by atoms with Crippen LogP contribution in [0.15, 0.2) is 42.5 Å². The number of anilines is 1. The lowest BCUT2D eigenvalue weighted by Gasteiger charge is -2.23. The first-order valence-corrected chi connectivity index (χ1v) is 6.99. The lowest BCUT2D eigenvalue weighted by Crippen LogP contribution is -2.35. The maximum absolute atomic E-state index is 13.5. The Morgan fingerprint density at radius 1 is 1.19 bits per heavy atom. The second-order valence-corrected chi connectivity index (χ2v) is 5.28. The van der Waals surface area contributed by atoms with Gasteiger partial charge in [0.2, 0.25) is 5.91 Å². The number of carbonyl (C=O) groups is 1. The van der Waals surface area contributed by atoms with Gasteiger partial charge in [0.15, 0.2) is 0 Å². The van der Waals surface area contributed by atoms with Crippen LogP contribution in [0.5, 0.6) is 0 Å². The van der Waals surface area contributed by atoms with E-state index in [0.29, 0.717) is 19.6 Å². The highest BCUT2D eigenvalue weighted by atomic mass is 19.1. The molecule has 1 N–H and O–H groups in total. The Labute approximate surface area is 123 Å². The molecule has 0 unspecified atom stereocenters. The first-order chi connectivity index (χ1) is 10.1. The molecule has 1 aliphatic heterocycles. The summed E-state index contributed by atoms with van der Waals surface area (Å²) in [5.74, 6) is -0.270. The Morgan fingerprint density at radius 3 is 2.86 bits per heavy atom. The van der Waals surface area contributed by atoms with Crippen molar-refractivity contribution in [3.63, 3.8) is 0 Å². The maximum atomic E-state index is 13.5. The summed E-state index contributed by atoms with van der Waals surface area (Å²) in [4.78, 5) is 14.1. The molecular weight excluding hydrogens is 267 g/mol. The molecule has 1 amide bonds. The minimum absolute atomic E-state index is 0.00334. The third kappa shape index (κ3) is 2.81. The van der Waals surface area contributed by atoms with Crippen LogP contribution in [0.1, 0.15) is 16.7 Å². The van der Waals surface area contributed by atoms with E-state index >= 15 is 0 Å². The van der Waals surface area contributed by atoms with Crippen molar-refractivity contribution in [3.05, 3.63) is 65.0 Å². The molecule has 0 bridgehead atoms. The highest BCUT2D eigenvalue weighted by Gasteiger charge is 2.22. The minimum Gasteiger partial charge on any atom is -0.307 e. The highest BCUT2D eigenvalue weighted by Crippen LogP contribution is 2.25. The van der Waals surface area contributed by atoms with Crippen LogP contribution in [0, 0.1) is 12.7 Å². The molecule has 3 nitrogen and oxygen atoms in total. The fraction of sp³-hybridized carbons (Fsp3) is 0.235. The Hall–Kier alpha value is -2.20. The summed E-state index contributed by atoms with van der Waals surface area (Å²) < 4.78 is 13.5. The van der Waals surface area contributed by atoms with Gasteiger partial charge in [-0.2, -0.15) is 0 Å². The zero-order valence-electron chi connectivity index (χ0n) is 11.9. The maximum Gasteiger partial charge on any atom is 0.241 e. The van der Waals surface area contributed by atoms with E-state index < -0.39 is 0 Å². The minimum atomic E-state index is -0.274. The molecule has 108 valence electrons. The van der Waals surface area contributed by atoms with E-state index in [1.807, 2.05) is 31.2 Å². The van der Waals surface area contributed by atoms with Crippen molar-refractivity contribution in [1.82, 2.24) is 5.32 Å². The highest BCUT2D eigenvalue weighted by molar-refractivity contribution is 5.96. The van der Waals surface area contributed by atoms with Crippen LogP contribution < -0.4 is 10.2 Å². The molecule has 0 aliphatic carbocycles.